The zero-order chi connectivity index (χ0) is 17.8. The van der Waals surface area contributed by atoms with E-state index in [9.17, 15) is 9.59 Å². The molecule has 0 saturated carbocycles. The molecule has 1 aliphatic heterocycles. The van der Waals surface area contributed by atoms with Gasteiger partial charge in [-0.25, -0.2) is 0 Å². The van der Waals surface area contributed by atoms with Gasteiger partial charge in [-0.1, -0.05) is 16.8 Å². The van der Waals surface area contributed by atoms with Gasteiger partial charge in [-0.2, -0.15) is 5.10 Å². The van der Waals surface area contributed by atoms with E-state index >= 15 is 0 Å². The number of carboxylic acids is 1. The highest BCUT2D eigenvalue weighted by Crippen LogP contribution is 2.27. The van der Waals surface area contributed by atoms with Crippen LogP contribution in [0.3, 0.4) is 0 Å². The SMILES string of the molecule is O=C(O)Cn1nccc1C1CCCN(C(=O)CCc2cc(Cl)no2)C1. The zero-order valence-electron chi connectivity index (χ0n) is 13.6. The minimum Gasteiger partial charge on any atom is -0.480 e. The average molecular weight is 367 g/mol. The van der Waals surface area contributed by atoms with Gasteiger partial charge in [0.25, 0.3) is 0 Å². The van der Waals surface area contributed by atoms with E-state index in [0.717, 1.165) is 18.5 Å². The van der Waals surface area contributed by atoms with E-state index in [1.165, 1.54) is 4.68 Å². The number of carbonyl (C=O) groups is 2. The highest BCUT2D eigenvalue weighted by atomic mass is 35.5. The summed E-state index contributed by atoms with van der Waals surface area (Å²) in [6.45, 7) is 1.11. The van der Waals surface area contributed by atoms with E-state index in [1.54, 1.807) is 12.3 Å². The lowest BCUT2D eigenvalue weighted by Gasteiger charge is -2.33. The van der Waals surface area contributed by atoms with Crippen LogP contribution in [0, 0.1) is 0 Å². The summed E-state index contributed by atoms with van der Waals surface area (Å²) in [6.07, 6.45) is 4.17. The summed E-state index contributed by atoms with van der Waals surface area (Å²) in [5.74, 6) is -0.202. The first-order valence-corrected chi connectivity index (χ1v) is 8.53. The van der Waals surface area contributed by atoms with Crippen molar-refractivity contribution in [3.05, 3.63) is 34.9 Å². The van der Waals surface area contributed by atoms with Crippen LogP contribution in [0.1, 0.15) is 36.6 Å². The number of carbonyl (C=O) groups excluding carboxylic acids is 1. The maximum absolute atomic E-state index is 12.5. The Morgan fingerprint density at radius 3 is 3.00 bits per heavy atom. The monoisotopic (exact) mass is 366 g/mol. The molecule has 8 nitrogen and oxygen atoms in total. The fraction of sp³-hybridized carbons (Fsp3) is 0.500. The molecule has 25 heavy (non-hydrogen) atoms. The molecule has 0 aromatic carbocycles. The van der Waals surface area contributed by atoms with Crippen molar-refractivity contribution in [2.75, 3.05) is 13.1 Å². The van der Waals surface area contributed by atoms with Crippen molar-refractivity contribution >= 4 is 23.5 Å². The summed E-state index contributed by atoms with van der Waals surface area (Å²) in [5.41, 5.74) is 0.863. The van der Waals surface area contributed by atoms with Crippen LogP contribution in [0.2, 0.25) is 5.15 Å². The Kier molecular flexibility index (Phi) is 5.37. The second-order valence-electron chi connectivity index (χ2n) is 6.10. The highest BCUT2D eigenvalue weighted by molar-refractivity contribution is 6.29. The van der Waals surface area contributed by atoms with Crippen molar-refractivity contribution in [1.29, 1.82) is 0 Å². The largest absolute Gasteiger partial charge is 0.480 e. The smallest absolute Gasteiger partial charge is 0.325 e. The van der Waals surface area contributed by atoms with E-state index in [4.69, 9.17) is 21.2 Å². The molecule has 1 N–H and O–H groups in total. The van der Waals surface area contributed by atoms with Gasteiger partial charge in [-0.15, -0.1) is 0 Å². The summed E-state index contributed by atoms with van der Waals surface area (Å²) in [7, 11) is 0. The normalized spacial score (nSPS) is 17.6. The van der Waals surface area contributed by atoms with Gasteiger partial charge >= 0.3 is 5.97 Å². The molecule has 0 radical (unpaired) electrons. The van der Waals surface area contributed by atoms with Gasteiger partial charge in [0.15, 0.2) is 5.15 Å². The van der Waals surface area contributed by atoms with Gasteiger partial charge in [0, 0.05) is 49.8 Å². The van der Waals surface area contributed by atoms with Crippen molar-refractivity contribution in [2.24, 2.45) is 0 Å². The third-order valence-corrected chi connectivity index (χ3v) is 4.52. The molecular formula is C16H19ClN4O4. The van der Waals surface area contributed by atoms with Crippen LogP contribution in [0.15, 0.2) is 22.9 Å². The number of likely N-dealkylation sites (tertiary alicyclic amines) is 1. The Hall–Kier alpha value is -2.35. The Morgan fingerprint density at radius 1 is 1.44 bits per heavy atom. The van der Waals surface area contributed by atoms with Crippen molar-refractivity contribution < 1.29 is 19.2 Å². The van der Waals surface area contributed by atoms with Gasteiger partial charge in [0.05, 0.1) is 0 Å². The first-order valence-electron chi connectivity index (χ1n) is 8.15. The van der Waals surface area contributed by atoms with E-state index in [-0.39, 0.29) is 23.5 Å². The topological polar surface area (TPSA) is 101 Å². The molecule has 1 saturated heterocycles. The Bertz CT molecular complexity index is 757. The van der Waals surface area contributed by atoms with Crippen molar-refractivity contribution in [3.63, 3.8) is 0 Å². The van der Waals surface area contributed by atoms with Crippen LogP contribution in [0.4, 0.5) is 0 Å². The van der Waals surface area contributed by atoms with Crippen LogP contribution in [-0.4, -0.2) is 49.9 Å². The Morgan fingerprint density at radius 2 is 2.28 bits per heavy atom. The number of piperidine rings is 1. The summed E-state index contributed by atoms with van der Waals surface area (Å²) < 4.78 is 6.51. The van der Waals surface area contributed by atoms with Crippen molar-refractivity contribution in [3.8, 4) is 0 Å². The summed E-state index contributed by atoms with van der Waals surface area (Å²) in [4.78, 5) is 25.2. The second-order valence-corrected chi connectivity index (χ2v) is 6.49. The van der Waals surface area contributed by atoms with Crippen LogP contribution >= 0.6 is 11.6 Å². The number of rotatable bonds is 6. The first kappa shape index (κ1) is 17.5. The van der Waals surface area contributed by atoms with Crippen molar-refractivity contribution in [2.45, 2.75) is 38.1 Å². The molecule has 0 spiro atoms. The second kappa shape index (κ2) is 7.69. The predicted octanol–water partition coefficient (Wildman–Crippen LogP) is 1.95. The number of aliphatic carboxylic acids is 1. The number of amides is 1. The van der Waals surface area contributed by atoms with Gasteiger partial charge in [0.1, 0.15) is 12.3 Å². The molecule has 1 atom stereocenters. The van der Waals surface area contributed by atoms with Crippen LogP contribution in [-0.2, 0) is 22.6 Å². The number of hydrogen-bond donors (Lipinski definition) is 1. The van der Waals surface area contributed by atoms with Gasteiger partial charge in [-0.05, 0) is 18.9 Å². The molecule has 2 aromatic heterocycles. The van der Waals surface area contributed by atoms with E-state index in [0.29, 0.717) is 31.7 Å². The molecule has 2 aromatic rings. The molecule has 0 aliphatic carbocycles. The predicted molar refractivity (Wildman–Crippen MR) is 88.3 cm³/mol. The van der Waals surface area contributed by atoms with E-state index in [1.807, 2.05) is 11.0 Å². The number of hydrogen-bond acceptors (Lipinski definition) is 5. The maximum Gasteiger partial charge on any atom is 0.325 e. The van der Waals surface area contributed by atoms with Crippen molar-refractivity contribution in [1.82, 2.24) is 19.8 Å². The van der Waals surface area contributed by atoms with Gasteiger partial charge in [-0.3, -0.25) is 14.3 Å². The fourth-order valence-corrected chi connectivity index (χ4v) is 3.35. The van der Waals surface area contributed by atoms with Crippen LogP contribution in [0.25, 0.3) is 0 Å². The van der Waals surface area contributed by atoms with E-state index in [2.05, 4.69) is 10.3 Å². The molecule has 1 fully saturated rings. The Balaban J connectivity index is 1.60. The molecule has 0 bridgehead atoms. The highest BCUT2D eigenvalue weighted by Gasteiger charge is 2.27. The number of aryl methyl sites for hydroxylation is 1. The summed E-state index contributed by atoms with van der Waals surface area (Å²) >= 11 is 5.70. The molecule has 3 rings (SSSR count). The third-order valence-electron chi connectivity index (χ3n) is 4.34. The molecule has 9 heteroatoms. The number of nitrogens with zero attached hydrogens (tertiary/aromatic N) is 4. The Labute approximate surface area is 149 Å². The molecule has 1 aliphatic rings. The summed E-state index contributed by atoms with van der Waals surface area (Å²) in [5, 5.41) is 16.9. The first-order chi connectivity index (χ1) is 12.0. The van der Waals surface area contributed by atoms with Crippen LogP contribution in [0.5, 0.6) is 0 Å². The van der Waals surface area contributed by atoms with Crippen LogP contribution < -0.4 is 0 Å². The lowest BCUT2D eigenvalue weighted by molar-refractivity contribution is -0.138. The van der Waals surface area contributed by atoms with E-state index < -0.39 is 5.97 Å². The van der Waals surface area contributed by atoms with Gasteiger partial charge < -0.3 is 14.5 Å². The zero-order valence-corrected chi connectivity index (χ0v) is 14.4. The third kappa shape index (κ3) is 4.39. The minimum absolute atomic E-state index is 0.0431. The average Bonchev–Trinajstić information content (AvgIpc) is 3.21. The molecule has 1 unspecified atom stereocenters. The molecular weight excluding hydrogens is 348 g/mol. The molecule has 134 valence electrons. The lowest BCUT2D eigenvalue weighted by atomic mass is 9.94. The lowest BCUT2D eigenvalue weighted by Crippen LogP contribution is -2.39. The maximum atomic E-state index is 12.5. The minimum atomic E-state index is -0.931. The number of halogens is 1. The van der Waals surface area contributed by atoms with Gasteiger partial charge in [0.2, 0.25) is 5.91 Å². The quantitative estimate of drug-likeness (QED) is 0.838. The summed E-state index contributed by atoms with van der Waals surface area (Å²) in [6, 6.07) is 3.44. The molecule has 3 heterocycles. The number of aromatic nitrogens is 3. The fourth-order valence-electron chi connectivity index (χ4n) is 3.19. The number of carboxylic acid groups (broad SMARTS) is 1. The standard InChI is InChI=1S/C16H19ClN4O4/c17-14-8-12(25-19-14)3-4-15(22)20-7-1-2-11(9-20)13-5-6-18-21(13)10-16(23)24/h5-6,8,11H,1-4,7,9-10H2,(H,23,24). The molecule has 1 amide bonds.